The SMILES string of the molecule is CCOC(=O)CNc1cnn(C)c1. The summed E-state index contributed by atoms with van der Waals surface area (Å²) in [6.45, 7) is 2.37. The molecular formula is C8H13N3O2. The molecule has 0 bridgehead atoms. The lowest BCUT2D eigenvalue weighted by molar-refractivity contribution is -0.140. The van der Waals surface area contributed by atoms with E-state index in [1.54, 1.807) is 24.0 Å². The maximum Gasteiger partial charge on any atom is 0.325 e. The molecule has 0 amide bonds. The number of aromatic nitrogens is 2. The van der Waals surface area contributed by atoms with Gasteiger partial charge in [-0.05, 0) is 6.92 Å². The molecule has 1 aromatic rings. The van der Waals surface area contributed by atoms with Crippen LogP contribution >= 0.6 is 0 Å². The molecule has 5 nitrogen and oxygen atoms in total. The maximum atomic E-state index is 10.9. The van der Waals surface area contributed by atoms with Crippen molar-refractivity contribution < 1.29 is 9.53 Å². The van der Waals surface area contributed by atoms with Crippen LogP contribution in [0, 0.1) is 0 Å². The van der Waals surface area contributed by atoms with Gasteiger partial charge < -0.3 is 10.1 Å². The molecule has 0 aliphatic rings. The number of esters is 1. The highest BCUT2D eigenvalue weighted by molar-refractivity contribution is 5.74. The van der Waals surface area contributed by atoms with Crippen LogP contribution in [0.4, 0.5) is 5.69 Å². The van der Waals surface area contributed by atoms with Gasteiger partial charge in [0.25, 0.3) is 0 Å². The van der Waals surface area contributed by atoms with E-state index in [1.807, 2.05) is 7.05 Å². The Morgan fingerprint density at radius 2 is 2.54 bits per heavy atom. The normalized spacial score (nSPS) is 9.69. The average Bonchev–Trinajstić information content (AvgIpc) is 2.49. The third-order valence-electron chi connectivity index (χ3n) is 1.45. The van der Waals surface area contributed by atoms with E-state index in [2.05, 4.69) is 10.4 Å². The lowest BCUT2D eigenvalue weighted by atomic mass is 10.5. The number of hydrogen-bond donors (Lipinski definition) is 1. The molecule has 0 unspecified atom stereocenters. The monoisotopic (exact) mass is 183 g/mol. The van der Waals surface area contributed by atoms with Gasteiger partial charge in [-0.25, -0.2) is 0 Å². The summed E-state index contributed by atoms with van der Waals surface area (Å²) in [5, 5.41) is 6.83. The van der Waals surface area contributed by atoms with Crippen LogP contribution in [0.5, 0.6) is 0 Å². The maximum absolute atomic E-state index is 10.9. The number of carbonyl (C=O) groups is 1. The van der Waals surface area contributed by atoms with Crippen LogP contribution in [0.15, 0.2) is 12.4 Å². The molecule has 0 aromatic carbocycles. The third kappa shape index (κ3) is 3.14. The largest absolute Gasteiger partial charge is 0.465 e. The van der Waals surface area contributed by atoms with Crippen molar-refractivity contribution in [1.29, 1.82) is 0 Å². The van der Waals surface area contributed by atoms with E-state index in [0.29, 0.717) is 6.61 Å². The Kier molecular flexibility index (Phi) is 3.31. The Hall–Kier alpha value is -1.52. The summed E-state index contributed by atoms with van der Waals surface area (Å²) in [4.78, 5) is 10.9. The molecule has 1 heterocycles. The predicted octanol–water partition coefficient (Wildman–Crippen LogP) is 0.395. The van der Waals surface area contributed by atoms with Crippen molar-refractivity contribution in [2.45, 2.75) is 6.92 Å². The second-order valence-corrected chi connectivity index (χ2v) is 2.56. The summed E-state index contributed by atoms with van der Waals surface area (Å²) in [6.07, 6.45) is 3.44. The molecule has 0 spiro atoms. The average molecular weight is 183 g/mol. The van der Waals surface area contributed by atoms with Crippen LogP contribution in [-0.4, -0.2) is 28.9 Å². The number of hydrogen-bond acceptors (Lipinski definition) is 4. The Labute approximate surface area is 76.7 Å². The fourth-order valence-corrected chi connectivity index (χ4v) is 0.899. The lowest BCUT2D eigenvalue weighted by Crippen LogP contribution is -2.16. The van der Waals surface area contributed by atoms with Crippen LogP contribution < -0.4 is 5.32 Å². The van der Waals surface area contributed by atoms with Crippen LogP contribution in [0.2, 0.25) is 0 Å². The standard InChI is InChI=1S/C8H13N3O2/c1-3-13-8(12)5-9-7-4-10-11(2)6-7/h4,6,9H,3,5H2,1-2H3. The fraction of sp³-hybridized carbons (Fsp3) is 0.500. The van der Waals surface area contributed by atoms with Crippen molar-refractivity contribution in [1.82, 2.24) is 9.78 Å². The lowest BCUT2D eigenvalue weighted by Gasteiger charge is -2.02. The summed E-state index contributed by atoms with van der Waals surface area (Å²) in [5.74, 6) is -0.258. The summed E-state index contributed by atoms with van der Waals surface area (Å²) in [5.41, 5.74) is 0.815. The molecular weight excluding hydrogens is 170 g/mol. The molecule has 1 N–H and O–H groups in total. The fourth-order valence-electron chi connectivity index (χ4n) is 0.899. The number of anilines is 1. The first-order valence-electron chi connectivity index (χ1n) is 4.10. The summed E-state index contributed by atoms with van der Waals surface area (Å²) < 4.78 is 6.40. The van der Waals surface area contributed by atoms with E-state index in [0.717, 1.165) is 5.69 Å². The number of nitrogens with zero attached hydrogens (tertiary/aromatic N) is 2. The minimum Gasteiger partial charge on any atom is -0.465 e. The minimum atomic E-state index is -0.258. The van der Waals surface area contributed by atoms with Gasteiger partial charge in [-0.2, -0.15) is 5.10 Å². The summed E-state index contributed by atoms with van der Waals surface area (Å²) >= 11 is 0. The van der Waals surface area contributed by atoms with E-state index >= 15 is 0 Å². The van der Waals surface area contributed by atoms with Crippen molar-refractivity contribution in [2.24, 2.45) is 7.05 Å². The number of aryl methyl sites for hydroxylation is 1. The van der Waals surface area contributed by atoms with Gasteiger partial charge in [-0.1, -0.05) is 0 Å². The van der Waals surface area contributed by atoms with Gasteiger partial charge in [0.1, 0.15) is 6.54 Å². The van der Waals surface area contributed by atoms with Crippen LogP contribution in [0.3, 0.4) is 0 Å². The highest BCUT2D eigenvalue weighted by Crippen LogP contribution is 2.01. The topological polar surface area (TPSA) is 56.1 Å². The van der Waals surface area contributed by atoms with Gasteiger partial charge in [-0.3, -0.25) is 9.48 Å². The van der Waals surface area contributed by atoms with Gasteiger partial charge >= 0.3 is 5.97 Å². The number of ether oxygens (including phenoxy) is 1. The molecule has 0 saturated carbocycles. The van der Waals surface area contributed by atoms with E-state index < -0.39 is 0 Å². The zero-order valence-electron chi connectivity index (χ0n) is 7.78. The zero-order valence-corrected chi connectivity index (χ0v) is 7.78. The predicted molar refractivity (Wildman–Crippen MR) is 48.3 cm³/mol. The summed E-state index contributed by atoms with van der Waals surface area (Å²) in [7, 11) is 1.82. The molecule has 1 aromatic heterocycles. The molecule has 5 heteroatoms. The number of nitrogens with one attached hydrogen (secondary N) is 1. The Morgan fingerprint density at radius 3 is 3.08 bits per heavy atom. The molecule has 0 aliphatic heterocycles. The Bertz CT molecular complexity index is 283. The molecule has 0 fully saturated rings. The van der Waals surface area contributed by atoms with Gasteiger partial charge in [0, 0.05) is 13.2 Å². The summed E-state index contributed by atoms with van der Waals surface area (Å²) in [6, 6.07) is 0. The molecule has 0 aliphatic carbocycles. The van der Waals surface area contributed by atoms with E-state index in [-0.39, 0.29) is 12.5 Å². The quantitative estimate of drug-likeness (QED) is 0.686. The molecule has 72 valence electrons. The molecule has 0 atom stereocenters. The van der Waals surface area contributed by atoms with Crippen LogP contribution in [0.1, 0.15) is 6.92 Å². The zero-order chi connectivity index (χ0) is 9.68. The first-order valence-corrected chi connectivity index (χ1v) is 4.10. The van der Waals surface area contributed by atoms with Crippen molar-refractivity contribution >= 4 is 11.7 Å². The van der Waals surface area contributed by atoms with Crippen LogP contribution in [0.25, 0.3) is 0 Å². The molecule has 0 radical (unpaired) electrons. The first-order chi connectivity index (χ1) is 6.22. The van der Waals surface area contributed by atoms with Crippen LogP contribution in [-0.2, 0) is 16.6 Å². The van der Waals surface area contributed by atoms with E-state index in [4.69, 9.17) is 4.74 Å². The number of carbonyl (C=O) groups excluding carboxylic acids is 1. The Morgan fingerprint density at radius 1 is 1.77 bits per heavy atom. The second-order valence-electron chi connectivity index (χ2n) is 2.56. The molecule has 0 saturated heterocycles. The van der Waals surface area contributed by atoms with Crippen molar-refractivity contribution in [2.75, 3.05) is 18.5 Å². The first kappa shape index (κ1) is 9.57. The van der Waals surface area contributed by atoms with Gasteiger partial charge in [0.15, 0.2) is 0 Å². The number of rotatable bonds is 4. The Balaban J connectivity index is 2.30. The van der Waals surface area contributed by atoms with E-state index in [9.17, 15) is 4.79 Å². The van der Waals surface area contributed by atoms with Gasteiger partial charge in [0.05, 0.1) is 18.5 Å². The highest BCUT2D eigenvalue weighted by atomic mass is 16.5. The smallest absolute Gasteiger partial charge is 0.325 e. The third-order valence-corrected chi connectivity index (χ3v) is 1.45. The minimum absolute atomic E-state index is 0.180. The highest BCUT2D eigenvalue weighted by Gasteiger charge is 2.01. The molecule has 1 rings (SSSR count). The van der Waals surface area contributed by atoms with Gasteiger partial charge in [0.2, 0.25) is 0 Å². The van der Waals surface area contributed by atoms with Crippen molar-refractivity contribution in [3.8, 4) is 0 Å². The van der Waals surface area contributed by atoms with E-state index in [1.165, 1.54) is 0 Å². The van der Waals surface area contributed by atoms with Crippen molar-refractivity contribution in [3.05, 3.63) is 12.4 Å². The van der Waals surface area contributed by atoms with Gasteiger partial charge in [-0.15, -0.1) is 0 Å². The molecule has 13 heavy (non-hydrogen) atoms. The second kappa shape index (κ2) is 4.49. The van der Waals surface area contributed by atoms with Crippen molar-refractivity contribution in [3.63, 3.8) is 0 Å².